The van der Waals surface area contributed by atoms with Gasteiger partial charge in [-0.05, 0) is 35.4 Å². The summed E-state index contributed by atoms with van der Waals surface area (Å²) in [6.07, 6.45) is 3.50. The summed E-state index contributed by atoms with van der Waals surface area (Å²) >= 11 is 0. The number of rotatable bonds is 6. The highest BCUT2D eigenvalue weighted by Gasteiger charge is 2.10. The lowest BCUT2D eigenvalue weighted by Crippen LogP contribution is -2.15. The number of aryl methyl sites for hydroxylation is 1. The molecule has 9 nitrogen and oxygen atoms in total. The van der Waals surface area contributed by atoms with Crippen LogP contribution in [0.25, 0.3) is 10.9 Å². The molecule has 2 heterocycles. The average molecular weight is 401 g/mol. The Bertz CT molecular complexity index is 1270. The summed E-state index contributed by atoms with van der Waals surface area (Å²) in [7, 11) is 3.40. The topological polar surface area (TPSA) is 111 Å². The van der Waals surface area contributed by atoms with Gasteiger partial charge in [-0.15, -0.1) is 5.10 Å². The number of anilines is 1. The minimum atomic E-state index is -0.179. The monoisotopic (exact) mass is 401 g/mol. The van der Waals surface area contributed by atoms with Gasteiger partial charge in [0.2, 0.25) is 5.91 Å². The Morgan fingerprint density at radius 1 is 1.17 bits per heavy atom. The maximum absolute atomic E-state index is 12.4. The second-order valence-corrected chi connectivity index (χ2v) is 6.79. The summed E-state index contributed by atoms with van der Waals surface area (Å²) in [6.45, 7) is 0.367. The zero-order chi connectivity index (χ0) is 21.1. The lowest BCUT2D eigenvalue weighted by Gasteiger charge is -2.05. The van der Waals surface area contributed by atoms with E-state index in [-0.39, 0.29) is 12.3 Å². The van der Waals surface area contributed by atoms with Crippen LogP contribution in [0.2, 0.25) is 0 Å². The third-order valence-electron chi connectivity index (χ3n) is 4.69. The van der Waals surface area contributed by atoms with Crippen LogP contribution in [-0.4, -0.2) is 37.8 Å². The molecular formula is C21H19N7O2. The predicted octanol–water partition coefficient (Wildman–Crippen LogP) is 2.27. The average Bonchev–Trinajstić information content (AvgIpc) is 3.33. The number of amides is 1. The van der Waals surface area contributed by atoms with E-state index in [4.69, 9.17) is 4.74 Å². The fourth-order valence-corrected chi connectivity index (χ4v) is 3.23. The Hall–Kier alpha value is -4.19. The molecule has 0 aliphatic carbocycles. The maximum Gasteiger partial charge on any atom is 0.230 e. The van der Waals surface area contributed by atoms with Gasteiger partial charge in [-0.1, -0.05) is 12.1 Å². The highest BCUT2D eigenvalue weighted by Crippen LogP contribution is 2.19. The molecule has 0 saturated heterocycles. The molecular weight excluding hydrogens is 382 g/mol. The number of aromatic nitrogens is 5. The number of methoxy groups -OCH3 is 1. The molecule has 0 radical (unpaired) electrons. The Morgan fingerprint density at radius 2 is 2.00 bits per heavy atom. The van der Waals surface area contributed by atoms with Gasteiger partial charge >= 0.3 is 0 Å². The molecule has 1 amide bonds. The fraction of sp³-hybridized carbons (Fsp3) is 0.190. The second kappa shape index (κ2) is 8.05. The van der Waals surface area contributed by atoms with Crippen LogP contribution in [0.4, 0.5) is 5.82 Å². The summed E-state index contributed by atoms with van der Waals surface area (Å²) in [4.78, 5) is 13.8. The van der Waals surface area contributed by atoms with E-state index in [1.54, 1.807) is 23.0 Å². The van der Waals surface area contributed by atoms with E-state index in [1.165, 1.54) is 18.1 Å². The predicted molar refractivity (Wildman–Crippen MR) is 110 cm³/mol. The van der Waals surface area contributed by atoms with E-state index in [1.807, 2.05) is 31.3 Å². The van der Waals surface area contributed by atoms with Crippen LogP contribution in [0, 0.1) is 11.3 Å². The van der Waals surface area contributed by atoms with Crippen LogP contribution < -0.4 is 10.1 Å². The van der Waals surface area contributed by atoms with Crippen LogP contribution in [0.1, 0.15) is 16.7 Å². The molecule has 4 rings (SSSR count). The zero-order valence-corrected chi connectivity index (χ0v) is 16.5. The molecule has 4 aromatic rings. The highest BCUT2D eigenvalue weighted by atomic mass is 16.5. The van der Waals surface area contributed by atoms with Crippen molar-refractivity contribution in [3.8, 4) is 11.8 Å². The molecule has 30 heavy (non-hydrogen) atoms. The molecule has 0 fully saturated rings. The molecule has 0 saturated carbocycles. The number of benzene rings is 2. The summed E-state index contributed by atoms with van der Waals surface area (Å²) in [5.74, 6) is 0.713. The highest BCUT2D eigenvalue weighted by molar-refractivity contribution is 5.92. The first-order valence-corrected chi connectivity index (χ1v) is 9.23. The third-order valence-corrected chi connectivity index (χ3v) is 4.69. The van der Waals surface area contributed by atoms with Gasteiger partial charge in [0.05, 0.1) is 43.5 Å². The molecule has 0 aliphatic rings. The Labute approximate surface area is 172 Å². The van der Waals surface area contributed by atoms with E-state index in [0.29, 0.717) is 23.7 Å². The molecule has 1 N–H and O–H groups in total. The molecule has 9 heteroatoms. The second-order valence-electron chi connectivity index (χ2n) is 6.79. The van der Waals surface area contributed by atoms with Gasteiger partial charge in [-0.25, -0.2) is 0 Å². The Morgan fingerprint density at radius 3 is 2.80 bits per heavy atom. The SMILES string of the molecule is COc1ccc(Cn2ncc(NC(=O)Cc3ccc4c(cnn4C)c3)n2)cc1C#N. The standard InChI is InChI=1S/C21H19N7O2/c1-27-18-5-3-14(7-17(18)11-23-27)9-21(29)25-20-12-24-28(26-20)13-15-4-6-19(30-2)16(8-15)10-22/h3-8,11-12H,9,13H2,1-2H3,(H,25,26,29). The number of carbonyl (C=O) groups is 1. The molecule has 0 spiro atoms. The summed E-state index contributed by atoms with van der Waals surface area (Å²) in [6, 6.07) is 13.2. The van der Waals surface area contributed by atoms with Crippen LogP contribution in [0.5, 0.6) is 5.75 Å². The van der Waals surface area contributed by atoms with E-state index in [2.05, 4.69) is 26.7 Å². The van der Waals surface area contributed by atoms with Gasteiger partial charge in [0.15, 0.2) is 5.82 Å². The van der Waals surface area contributed by atoms with Crippen molar-refractivity contribution in [1.29, 1.82) is 5.26 Å². The number of hydrogen-bond acceptors (Lipinski definition) is 6. The first-order chi connectivity index (χ1) is 14.6. The van der Waals surface area contributed by atoms with E-state index in [9.17, 15) is 10.1 Å². The van der Waals surface area contributed by atoms with Crippen molar-refractivity contribution in [2.75, 3.05) is 12.4 Å². The lowest BCUT2D eigenvalue weighted by molar-refractivity contribution is -0.115. The summed E-state index contributed by atoms with van der Waals surface area (Å²) in [5.41, 5.74) is 3.20. The first kappa shape index (κ1) is 19.1. The van der Waals surface area contributed by atoms with Crippen molar-refractivity contribution in [3.05, 3.63) is 65.5 Å². The number of nitrogens with one attached hydrogen (secondary N) is 1. The number of nitriles is 1. The van der Waals surface area contributed by atoms with Crippen molar-refractivity contribution >= 4 is 22.6 Å². The van der Waals surface area contributed by atoms with Gasteiger partial charge in [0.25, 0.3) is 0 Å². The van der Waals surface area contributed by atoms with Crippen LogP contribution in [0.15, 0.2) is 48.8 Å². The van der Waals surface area contributed by atoms with Crippen molar-refractivity contribution in [2.45, 2.75) is 13.0 Å². The van der Waals surface area contributed by atoms with Crippen molar-refractivity contribution in [2.24, 2.45) is 7.05 Å². The van der Waals surface area contributed by atoms with Crippen molar-refractivity contribution < 1.29 is 9.53 Å². The van der Waals surface area contributed by atoms with E-state index >= 15 is 0 Å². The van der Waals surface area contributed by atoms with Crippen molar-refractivity contribution in [1.82, 2.24) is 24.8 Å². The molecule has 2 aromatic carbocycles. The summed E-state index contributed by atoms with van der Waals surface area (Å²) < 4.78 is 6.94. The van der Waals surface area contributed by atoms with Gasteiger partial charge < -0.3 is 10.1 Å². The zero-order valence-electron chi connectivity index (χ0n) is 16.5. The normalized spacial score (nSPS) is 10.7. The minimum absolute atomic E-state index is 0.179. The molecule has 0 unspecified atom stereocenters. The number of hydrogen-bond donors (Lipinski definition) is 1. The van der Waals surface area contributed by atoms with Crippen LogP contribution >= 0.6 is 0 Å². The molecule has 0 aliphatic heterocycles. The number of fused-ring (bicyclic) bond motifs is 1. The Kier molecular flexibility index (Phi) is 5.13. The van der Waals surface area contributed by atoms with Crippen LogP contribution in [-0.2, 0) is 24.8 Å². The number of ether oxygens (including phenoxy) is 1. The molecule has 0 atom stereocenters. The number of carbonyl (C=O) groups excluding carboxylic acids is 1. The van der Waals surface area contributed by atoms with Crippen molar-refractivity contribution in [3.63, 3.8) is 0 Å². The van der Waals surface area contributed by atoms with Gasteiger partial charge in [0, 0.05) is 12.4 Å². The summed E-state index contributed by atoms with van der Waals surface area (Å²) in [5, 5.41) is 25.6. The van der Waals surface area contributed by atoms with Gasteiger partial charge in [-0.3, -0.25) is 9.48 Å². The molecule has 150 valence electrons. The van der Waals surface area contributed by atoms with Gasteiger partial charge in [0.1, 0.15) is 11.8 Å². The first-order valence-electron chi connectivity index (χ1n) is 9.23. The number of nitrogens with zero attached hydrogens (tertiary/aromatic N) is 6. The van der Waals surface area contributed by atoms with E-state index in [0.717, 1.165) is 22.0 Å². The van der Waals surface area contributed by atoms with Crippen LogP contribution in [0.3, 0.4) is 0 Å². The van der Waals surface area contributed by atoms with Gasteiger partial charge in [-0.2, -0.15) is 20.3 Å². The minimum Gasteiger partial charge on any atom is -0.495 e. The largest absolute Gasteiger partial charge is 0.495 e. The lowest BCUT2D eigenvalue weighted by atomic mass is 10.1. The third kappa shape index (κ3) is 3.98. The fourth-order valence-electron chi connectivity index (χ4n) is 3.23. The van der Waals surface area contributed by atoms with E-state index < -0.39 is 0 Å². The smallest absolute Gasteiger partial charge is 0.230 e. The maximum atomic E-state index is 12.4. The molecule has 0 bridgehead atoms. The molecule has 2 aromatic heterocycles. The Balaban J connectivity index is 1.40. The quantitative estimate of drug-likeness (QED) is 0.531.